The standard InChI is InChI=1S/C15H20ClN3O/c1-4-15(11-6-5-7-12(16)8-11)13(20)18-14(19-15)17-9-10(2)3/h5-8,10H,4,9H2,1-3H3,(H2,17,18,19,20). The van der Waals surface area contributed by atoms with Crippen molar-refractivity contribution in [1.82, 2.24) is 10.6 Å². The van der Waals surface area contributed by atoms with Gasteiger partial charge in [0.25, 0.3) is 5.91 Å². The van der Waals surface area contributed by atoms with Gasteiger partial charge in [-0.3, -0.25) is 15.1 Å². The second-order valence-corrected chi connectivity index (χ2v) is 5.87. The number of nitrogens with zero attached hydrogens (tertiary/aromatic N) is 1. The molecular weight excluding hydrogens is 274 g/mol. The van der Waals surface area contributed by atoms with E-state index in [0.717, 1.165) is 5.56 Å². The van der Waals surface area contributed by atoms with Crippen LogP contribution in [0.4, 0.5) is 0 Å². The van der Waals surface area contributed by atoms with Crippen LogP contribution in [0.25, 0.3) is 0 Å². The Morgan fingerprint density at radius 1 is 1.40 bits per heavy atom. The number of nitrogens with one attached hydrogen (secondary N) is 2. The number of hydrogen-bond acceptors (Lipinski definition) is 2. The first kappa shape index (κ1) is 14.9. The molecule has 1 aromatic rings. The third kappa shape index (κ3) is 2.80. The molecule has 0 spiro atoms. The Bertz CT molecular complexity index is 542. The maximum Gasteiger partial charge on any atom is 0.257 e. The molecule has 2 rings (SSSR count). The smallest absolute Gasteiger partial charge is 0.257 e. The summed E-state index contributed by atoms with van der Waals surface area (Å²) in [5.74, 6) is 0.916. The van der Waals surface area contributed by atoms with Crippen LogP contribution in [0.15, 0.2) is 29.3 Å². The van der Waals surface area contributed by atoms with E-state index in [4.69, 9.17) is 11.6 Å². The Hall–Kier alpha value is -1.55. The van der Waals surface area contributed by atoms with Gasteiger partial charge in [-0.05, 0) is 30.0 Å². The van der Waals surface area contributed by atoms with E-state index in [0.29, 0.717) is 29.9 Å². The molecule has 20 heavy (non-hydrogen) atoms. The quantitative estimate of drug-likeness (QED) is 0.897. The Kier molecular flexibility index (Phi) is 4.33. The summed E-state index contributed by atoms with van der Waals surface area (Å²) in [6, 6.07) is 7.39. The second-order valence-electron chi connectivity index (χ2n) is 5.43. The van der Waals surface area contributed by atoms with Crippen molar-refractivity contribution in [3.8, 4) is 0 Å². The largest absolute Gasteiger partial charge is 0.338 e. The van der Waals surface area contributed by atoms with Crippen molar-refractivity contribution >= 4 is 23.5 Å². The third-order valence-corrected chi connectivity index (χ3v) is 3.65. The van der Waals surface area contributed by atoms with Crippen LogP contribution in [-0.4, -0.2) is 18.4 Å². The number of benzene rings is 1. The van der Waals surface area contributed by atoms with Gasteiger partial charge in [0, 0.05) is 11.6 Å². The molecule has 1 aliphatic heterocycles. The van der Waals surface area contributed by atoms with Gasteiger partial charge in [-0.2, -0.15) is 0 Å². The van der Waals surface area contributed by atoms with Crippen molar-refractivity contribution in [1.29, 1.82) is 0 Å². The van der Waals surface area contributed by atoms with Gasteiger partial charge >= 0.3 is 0 Å². The van der Waals surface area contributed by atoms with E-state index in [9.17, 15) is 4.79 Å². The highest BCUT2D eigenvalue weighted by atomic mass is 35.5. The summed E-state index contributed by atoms with van der Waals surface area (Å²) in [6.45, 7) is 6.83. The minimum Gasteiger partial charge on any atom is -0.338 e. The molecular formula is C15H20ClN3O. The molecule has 0 bridgehead atoms. The minimum atomic E-state index is -0.777. The third-order valence-electron chi connectivity index (χ3n) is 3.41. The van der Waals surface area contributed by atoms with Crippen molar-refractivity contribution in [3.05, 3.63) is 34.9 Å². The van der Waals surface area contributed by atoms with E-state index in [1.165, 1.54) is 0 Å². The van der Waals surface area contributed by atoms with Crippen LogP contribution < -0.4 is 10.6 Å². The summed E-state index contributed by atoms with van der Waals surface area (Å²) in [5.41, 5.74) is 0.0838. The number of aliphatic imine (C=N–C) groups is 1. The molecule has 0 aliphatic carbocycles. The SMILES string of the molecule is CCC1(c2cccc(Cl)c2)NC(=NCC(C)C)NC1=O. The molecule has 1 heterocycles. The number of guanidine groups is 1. The summed E-state index contributed by atoms with van der Waals surface area (Å²) >= 11 is 6.04. The molecule has 108 valence electrons. The van der Waals surface area contributed by atoms with Crippen LogP contribution in [0.3, 0.4) is 0 Å². The predicted octanol–water partition coefficient (Wildman–Crippen LogP) is 2.68. The van der Waals surface area contributed by atoms with Gasteiger partial charge in [0.15, 0.2) is 5.96 Å². The first-order chi connectivity index (χ1) is 9.48. The fraction of sp³-hybridized carbons (Fsp3) is 0.467. The zero-order valence-electron chi connectivity index (χ0n) is 12.0. The summed E-state index contributed by atoms with van der Waals surface area (Å²) < 4.78 is 0. The van der Waals surface area contributed by atoms with Crippen molar-refractivity contribution in [3.63, 3.8) is 0 Å². The molecule has 5 heteroatoms. The van der Waals surface area contributed by atoms with Crippen LogP contribution in [0.2, 0.25) is 5.02 Å². The maximum absolute atomic E-state index is 12.4. The average molecular weight is 294 g/mol. The van der Waals surface area contributed by atoms with Crippen LogP contribution in [0.1, 0.15) is 32.8 Å². The summed E-state index contributed by atoms with van der Waals surface area (Å²) in [4.78, 5) is 16.8. The Morgan fingerprint density at radius 2 is 2.15 bits per heavy atom. The fourth-order valence-electron chi connectivity index (χ4n) is 2.27. The molecule has 1 aliphatic rings. The minimum absolute atomic E-state index is 0.0789. The van der Waals surface area contributed by atoms with E-state index >= 15 is 0 Å². The molecule has 1 unspecified atom stereocenters. The lowest BCUT2D eigenvalue weighted by atomic mass is 9.87. The molecule has 0 aromatic heterocycles. The highest BCUT2D eigenvalue weighted by Gasteiger charge is 2.45. The number of carbonyl (C=O) groups excluding carboxylic acids is 1. The van der Waals surface area contributed by atoms with Crippen molar-refractivity contribution in [2.24, 2.45) is 10.9 Å². The lowest BCUT2D eigenvalue weighted by molar-refractivity contribution is -0.124. The molecule has 2 N–H and O–H groups in total. The number of hydrogen-bond donors (Lipinski definition) is 2. The molecule has 0 saturated carbocycles. The molecule has 1 atom stereocenters. The van der Waals surface area contributed by atoms with Crippen molar-refractivity contribution < 1.29 is 4.79 Å². The Balaban J connectivity index is 2.32. The average Bonchev–Trinajstić information content (AvgIpc) is 2.74. The topological polar surface area (TPSA) is 53.5 Å². The zero-order chi connectivity index (χ0) is 14.8. The number of halogens is 1. The van der Waals surface area contributed by atoms with Crippen molar-refractivity contribution in [2.45, 2.75) is 32.7 Å². The summed E-state index contributed by atoms with van der Waals surface area (Å²) in [5, 5.41) is 6.68. The Morgan fingerprint density at radius 3 is 2.75 bits per heavy atom. The van der Waals surface area contributed by atoms with Gasteiger partial charge in [-0.15, -0.1) is 0 Å². The molecule has 0 radical (unpaired) electrons. The fourth-order valence-corrected chi connectivity index (χ4v) is 2.46. The zero-order valence-corrected chi connectivity index (χ0v) is 12.8. The van der Waals surface area contributed by atoms with Crippen LogP contribution in [0.5, 0.6) is 0 Å². The molecule has 1 aromatic carbocycles. The van der Waals surface area contributed by atoms with E-state index in [1.54, 1.807) is 6.07 Å². The van der Waals surface area contributed by atoms with Crippen LogP contribution >= 0.6 is 11.6 Å². The van der Waals surface area contributed by atoms with E-state index in [2.05, 4.69) is 29.5 Å². The van der Waals surface area contributed by atoms with Gasteiger partial charge < -0.3 is 5.32 Å². The van der Waals surface area contributed by atoms with Gasteiger partial charge in [0.1, 0.15) is 5.54 Å². The highest BCUT2D eigenvalue weighted by Crippen LogP contribution is 2.30. The second kappa shape index (κ2) is 5.83. The first-order valence-corrected chi connectivity index (χ1v) is 7.26. The van der Waals surface area contributed by atoms with E-state index < -0.39 is 5.54 Å². The maximum atomic E-state index is 12.4. The number of carbonyl (C=O) groups is 1. The number of rotatable bonds is 4. The van der Waals surface area contributed by atoms with Crippen LogP contribution in [0, 0.1) is 5.92 Å². The highest BCUT2D eigenvalue weighted by molar-refractivity contribution is 6.30. The van der Waals surface area contributed by atoms with Crippen molar-refractivity contribution in [2.75, 3.05) is 6.54 Å². The van der Waals surface area contributed by atoms with Gasteiger partial charge in [0.2, 0.25) is 0 Å². The molecule has 1 amide bonds. The first-order valence-electron chi connectivity index (χ1n) is 6.88. The van der Waals surface area contributed by atoms with E-state index in [-0.39, 0.29) is 5.91 Å². The van der Waals surface area contributed by atoms with Gasteiger partial charge in [0.05, 0.1) is 0 Å². The monoisotopic (exact) mass is 293 g/mol. The molecule has 4 nitrogen and oxygen atoms in total. The lowest BCUT2D eigenvalue weighted by Crippen LogP contribution is -2.43. The normalized spacial score (nSPS) is 24.1. The predicted molar refractivity (Wildman–Crippen MR) is 81.8 cm³/mol. The Labute approximate surface area is 124 Å². The summed E-state index contributed by atoms with van der Waals surface area (Å²) in [7, 11) is 0. The van der Waals surface area contributed by atoms with E-state index in [1.807, 2.05) is 25.1 Å². The van der Waals surface area contributed by atoms with Crippen LogP contribution in [-0.2, 0) is 10.3 Å². The lowest BCUT2D eigenvalue weighted by Gasteiger charge is -2.25. The summed E-state index contributed by atoms with van der Waals surface area (Å²) in [6.07, 6.45) is 0.625. The number of amides is 1. The molecule has 1 fully saturated rings. The molecule has 1 saturated heterocycles. The van der Waals surface area contributed by atoms with Gasteiger partial charge in [-0.25, -0.2) is 0 Å². The van der Waals surface area contributed by atoms with Gasteiger partial charge in [-0.1, -0.05) is 44.5 Å².